The van der Waals surface area contributed by atoms with Gasteiger partial charge in [0.25, 0.3) is 0 Å². The largest absolute Gasteiger partial charge is 0.423 e. The van der Waals surface area contributed by atoms with Gasteiger partial charge in [0.05, 0.1) is 0 Å². The molecule has 23 heavy (non-hydrogen) atoms. The van der Waals surface area contributed by atoms with Gasteiger partial charge in [-0.1, -0.05) is 49.4 Å². The van der Waals surface area contributed by atoms with Crippen molar-refractivity contribution in [3.63, 3.8) is 0 Å². The van der Waals surface area contributed by atoms with Crippen LogP contribution in [0.25, 0.3) is 11.0 Å². The normalized spacial score (nSPS) is 11.3. The molecule has 3 nitrogen and oxygen atoms in total. The van der Waals surface area contributed by atoms with Gasteiger partial charge < -0.3 is 4.42 Å². The fraction of sp³-hybridized carbons (Fsp3) is 0.250. The molecule has 1 aromatic heterocycles. The number of benzene rings is 2. The second-order valence-corrected chi connectivity index (χ2v) is 5.93. The molecule has 0 saturated carbocycles. The topological polar surface area (TPSA) is 33.5 Å². The summed E-state index contributed by atoms with van der Waals surface area (Å²) in [6, 6.07) is 18.1. The van der Waals surface area contributed by atoms with Crippen LogP contribution in [0.4, 0.5) is 0 Å². The number of fused-ring (bicyclic) bond motifs is 1. The van der Waals surface area contributed by atoms with Gasteiger partial charge in [0.15, 0.2) is 0 Å². The Labute approximate surface area is 136 Å². The predicted molar refractivity (Wildman–Crippen MR) is 93.5 cm³/mol. The van der Waals surface area contributed by atoms with Crippen molar-refractivity contribution in [1.29, 1.82) is 0 Å². The van der Waals surface area contributed by atoms with E-state index in [1.807, 2.05) is 24.3 Å². The molecule has 3 aromatic rings. The molecule has 0 aliphatic rings. The Bertz CT molecular complexity index is 852. The maximum atomic E-state index is 11.9. The van der Waals surface area contributed by atoms with E-state index in [1.165, 1.54) is 11.1 Å². The van der Waals surface area contributed by atoms with Crippen molar-refractivity contribution in [3.05, 3.63) is 81.7 Å². The molecule has 3 heteroatoms. The highest BCUT2D eigenvalue weighted by Gasteiger charge is 2.09. The van der Waals surface area contributed by atoms with E-state index in [4.69, 9.17) is 4.42 Å². The Kier molecular flexibility index (Phi) is 4.58. The van der Waals surface area contributed by atoms with Gasteiger partial charge in [-0.3, -0.25) is 4.90 Å². The lowest BCUT2D eigenvalue weighted by Crippen LogP contribution is -2.18. The van der Waals surface area contributed by atoms with Crippen LogP contribution in [0.15, 0.2) is 63.8 Å². The van der Waals surface area contributed by atoms with Crippen LogP contribution < -0.4 is 5.63 Å². The summed E-state index contributed by atoms with van der Waals surface area (Å²) in [6.07, 6.45) is 0.928. The van der Waals surface area contributed by atoms with Crippen LogP contribution in [-0.2, 0) is 19.5 Å². The third kappa shape index (κ3) is 3.69. The third-order valence-corrected chi connectivity index (χ3v) is 4.04. The Balaban J connectivity index is 1.88. The molecule has 0 radical (unpaired) electrons. The van der Waals surface area contributed by atoms with E-state index < -0.39 is 0 Å². The average Bonchev–Trinajstić information content (AvgIpc) is 2.54. The fourth-order valence-electron chi connectivity index (χ4n) is 2.87. The first-order chi connectivity index (χ1) is 11.2. The van der Waals surface area contributed by atoms with Gasteiger partial charge in [-0.15, -0.1) is 0 Å². The molecule has 0 saturated heterocycles. The molecular formula is C20H21NO2. The lowest BCUT2D eigenvalue weighted by atomic mass is 10.1. The standard InChI is InChI=1S/C20H21NO2/c1-3-15-9-10-18-17(12-20(22)23-19(18)11-15)14-21(2)13-16-7-5-4-6-8-16/h4-12H,3,13-14H2,1-2H3. The molecule has 0 aliphatic heterocycles. The number of aryl methyl sites for hydroxylation is 1. The Morgan fingerprint density at radius 3 is 2.48 bits per heavy atom. The summed E-state index contributed by atoms with van der Waals surface area (Å²) in [4.78, 5) is 14.1. The van der Waals surface area contributed by atoms with E-state index in [-0.39, 0.29) is 5.63 Å². The number of nitrogens with zero attached hydrogens (tertiary/aromatic N) is 1. The molecule has 0 unspecified atom stereocenters. The minimum atomic E-state index is -0.283. The van der Waals surface area contributed by atoms with Crippen LogP contribution in [0, 0.1) is 0 Å². The van der Waals surface area contributed by atoms with Gasteiger partial charge in [-0.25, -0.2) is 4.79 Å². The van der Waals surface area contributed by atoms with E-state index in [1.54, 1.807) is 6.07 Å². The zero-order chi connectivity index (χ0) is 16.2. The highest BCUT2D eigenvalue weighted by Crippen LogP contribution is 2.20. The van der Waals surface area contributed by atoms with Crippen LogP contribution in [0.3, 0.4) is 0 Å². The molecule has 0 spiro atoms. The third-order valence-electron chi connectivity index (χ3n) is 4.04. The van der Waals surface area contributed by atoms with Crippen molar-refractivity contribution in [2.24, 2.45) is 0 Å². The molecule has 0 amide bonds. The van der Waals surface area contributed by atoms with Crippen molar-refractivity contribution >= 4 is 11.0 Å². The average molecular weight is 307 g/mol. The molecule has 1 heterocycles. The van der Waals surface area contributed by atoms with Gasteiger partial charge in [-0.2, -0.15) is 0 Å². The maximum absolute atomic E-state index is 11.9. The molecule has 3 rings (SSSR count). The number of hydrogen-bond acceptors (Lipinski definition) is 3. The lowest BCUT2D eigenvalue weighted by Gasteiger charge is -2.17. The number of rotatable bonds is 5. The second-order valence-electron chi connectivity index (χ2n) is 5.93. The first kappa shape index (κ1) is 15.5. The van der Waals surface area contributed by atoms with Gasteiger partial charge in [-0.05, 0) is 36.2 Å². The monoisotopic (exact) mass is 307 g/mol. The van der Waals surface area contributed by atoms with Gasteiger partial charge in [0.1, 0.15) is 5.58 Å². The molecule has 2 aromatic carbocycles. The SMILES string of the molecule is CCc1ccc2c(CN(C)Cc3ccccc3)cc(=O)oc2c1. The van der Waals surface area contributed by atoms with Crippen molar-refractivity contribution in [2.75, 3.05) is 7.05 Å². The Hall–Kier alpha value is -2.39. The predicted octanol–water partition coefficient (Wildman–Crippen LogP) is 3.99. The van der Waals surface area contributed by atoms with Gasteiger partial charge in [0, 0.05) is 24.5 Å². The summed E-state index contributed by atoms with van der Waals surface area (Å²) >= 11 is 0. The van der Waals surface area contributed by atoms with Crippen molar-refractivity contribution in [3.8, 4) is 0 Å². The number of hydrogen-bond donors (Lipinski definition) is 0. The highest BCUT2D eigenvalue weighted by molar-refractivity contribution is 5.80. The summed E-state index contributed by atoms with van der Waals surface area (Å²) in [6.45, 7) is 3.65. The highest BCUT2D eigenvalue weighted by atomic mass is 16.4. The van der Waals surface area contributed by atoms with Crippen LogP contribution in [-0.4, -0.2) is 11.9 Å². The Morgan fingerprint density at radius 2 is 1.74 bits per heavy atom. The van der Waals surface area contributed by atoms with E-state index in [0.717, 1.165) is 23.9 Å². The summed E-state index contributed by atoms with van der Waals surface area (Å²) in [7, 11) is 2.06. The Morgan fingerprint density at radius 1 is 0.957 bits per heavy atom. The van der Waals surface area contributed by atoms with E-state index in [9.17, 15) is 4.79 Å². The second kappa shape index (κ2) is 6.80. The zero-order valence-electron chi connectivity index (χ0n) is 13.6. The molecule has 0 bridgehead atoms. The van der Waals surface area contributed by atoms with Crippen LogP contribution in [0.2, 0.25) is 0 Å². The first-order valence-corrected chi connectivity index (χ1v) is 7.94. The van der Waals surface area contributed by atoms with Gasteiger partial charge >= 0.3 is 5.63 Å². The minimum absolute atomic E-state index is 0.283. The van der Waals surface area contributed by atoms with Crippen molar-refractivity contribution in [2.45, 2.75) is 26.4 Å². The maximum Gasteiger partial charge on any atom is 0.336 e. The molecule has 0 aliphatic carbocycles. The summed E-state index contributed by atoms with van der Waals surface area (Å²) in [5, 5.41) is 1.02. The molecule has 0 fully saturated rings. The first-order valence-electron chi connectivity index (χ1n) is 7.94. The smallest absolute Gasteiger partial charge is 0.336 e. The summed E-state index contributed by atoms with van der Waals surface area (Å²) < 4.78 is 5.37. The summed E-state index contributed by atoms with van der Waals surface area (Å²) in [5.74, 6) is 0. The molecule has 0 atom stereocenters. The van der Waals surface area contributed by atoms with E-state index >= 15 is 0 Å². The van der Waals surface area contributed by atoms with E-state index in [2.05, 4.69) is 43.1 Å². The van der Waals surface area contributed by atoms with Crippen molar-refractivity contribution in [1.82, 2.24) is 4.90 Å². The van der Waals surface area contributed by atoms with Crippen molar-refractivity contribution < 1.29 is 4.42 Å². The molecular weight excluding hydrogens is 286 g/mol. The minimum Gasteiger partial charge on any atom is -0.423 e. The van der Waals surface area contributed by atoms with E-state index in [0.29, 0.717) is 12.1 Å². The lowest BCUT2D eigenvalue weighted by molar-refractivity contribution is 0.319. The summed E-state index contributed by atoms with van der Waals surface area (Å²) in [5.41, 5.74) is 3.84. The van der Waals surface area contributed by atoms with Crippen LogP contribution >= 0.6 is 0 Å². The van der Waals surface area contributed by atoms with Gasteiger partial charge in [0.2, 0.25) is 0 Å². The zero-order valence-corrected chi connectivity index (χ0v) is 13.6. The van der Waals surface area contributed by atoms with Crippen LogP contribution in [0.1, 0.15) is 23.6 Å². The fourth-order valence-corrected chi connectivity index (χ4v) is 2.87. The molecule has 118 valence electrons. The van der Waals surface area contributed by atoms with Crippen LogP contribution in [0.5, 0.6) is 0 Å². The quantitative estimate of drug-likeness (QED) is 0.668. The molecule has 0 N–H and O–H groups in total.